The van der Waals surface area contributed by atoms with Crippen molar-refractivity contribution < 1.29 is 24.1 Å². The van der Waals surface area contributed by atoms with Crippen LogP contribution >= 0.6 is 0 Å². The fourth-order valence-electron chi connectivity index (χ4n) is 6.32. The average molecular weight is 345 g/mol. The molecule has 2 aliphatic carbocycles. The first-order valence-corrected chi connectivity index (χ1v) is 9.25. The van der Waals surface area contributed by atoms with E-state index in [1.807, 2.05) is 6.07 Å². The molecule has 0 radical (unpaired) electrons. The summed E-state index contributed by atoms with van der Waals surface area (Å²) in [6, 6.07) is 4.14. The first-order chi connectivity index (χ1) is 12.1. The van der Waals surface area contributed by atoms with Gasteiger partial charge in [-0.3, -0.25) is 0 Å². The van der Waals surface area contributed by atoms with Crippen molar-refractivity contribution in [1.82, 2.24) is 5.32 Å². The molecular weight excluding hydrogens is 322 g/mol. The normalized spacial score (nSPS) is 42.2. The first-order valence-electron chi connectivity index (χ1n) is 9.25. The van der Waals surface area contributed by atoms with Gasteiger partial charge < -0.3 is 29.4 Å². The van der Waals surface area contributed by atoms with Gasteiger partial charge in [0.2, 0.25) is 5.79 Å². The maximum absolute atomic E-state index is 11.9. The summed E-state index contributed by atoms with van der Waals surface area (Å²) in [6.45, 7) is 2.02. The number of benzene rings is 1. The molecule has 1 saturated carbocycles. The average Bonchev–Trinajstić information content (AvgIpc) is 3.20. The monoisotopic (exact) mass is 345 g/mol. The molecule has 0 unspecified atom stereocenters. The molecule has 134 valence electrons. The Morgan fingerprint density at radius 3 is 2.84 bits per heavy atom. The van der Waals surface area contributed by atoms with E-state index in [4.69, 9.17) is 18.9 Å². The number of hydrogen-bond donors (Lipinski definition) is 2. The Bertz CT molecular complexity index is 760. The predicted molar refractivity (Wildman–Crippen MR) is 88.0 cm³/mol. The highest BCUT2D eigenvalue weighted by molar-refractivity contribution is 5.63. The SMILES string of the molecule is COc1ccc2c3c1O[C@H]1C4(CC[C@@]5(O)[C@@H](C2)NCC[C@]315)OCCO4. The predicted octanol–water partition coefficient (Wildman–Crippen LogP) is 0.880. The summed E-state index contributed by atoms with van der Waals surface area (Å²) in [4.78, 5) is 0. The highest BCUT2D eigenvalue weighted by Crippen LogP contribution is 2.66. The Morgan fingerprint density at radius 2 is 2.04 bits per heavy atom. The number of methoxy groups -OCH3 is 1. The van der Waals surface area contributed by atoms with E-state index >= 15 is 0 Å². The molecule has 1 aromatic rings. The maximum Gasteiger partial charge on any atom is 0.207 e. The number of fused-ring (bicyclic) bond motifs is 1. The quantitative estimate of drug-likeness (QED) is 0.788. The zero-order chi connectivity index (χ0) is 16.9. The summed E-state index contributed by atoms with van der Waals surface area (Å²) in [5.74, 6) is 0.756. The van der Waals surface area contributed by atoms with Gasteiger partial charge in [-0.25, -0.2) is 0 Å². The van der Waals surface area contributed by atoms with Gasteiger partial charge >= 0.3 is 0 Å². The summed E-state index contributed by atoms with van der Waals surface area (Å²) < 4.78 is 24.4. The third-order valence-corrected chi connectivity index (χ3v) is 7.27. The van der Waals surface area contributed by atoms with E-state index in [0.29, 0.717) is 26.1 Å². The lowest BCUT2D eigenvalue weighted by atomic mass is 9.48. The van der Waals surface area contributed by atoms with Crippen LogP contribution in [-0.2, 0) is 21.3 Å². The second kappa shape index (κ2) is 4.49. The Morgan fingerprint density at radius 1 is 1.20 bits per heavy atom. The molecule has 4 atom stereocenters. The second-order valence-electron chi connectivity index (χ2n) is 7.99. The van der Waals surface area contributed by atoms with Crippen molar-refractivity contribution in [3.05, 3.63) is 23.3 Å². The van der Waals surface area contributed by atoms with Crippen molar-refractivity contribution in [1.29, 1.82) is 0 Å². The molecule has 0 aromatic heterocycles. The lowest BCUT2D eigenvalue weighted by Crippen LogP contribution is -2.79. The second-order valence-corrected chi connectivity index (χ2v) is 7.99. The summed E-state index contributed by atoms with van der Waals surface area (Å²) in [6.07, 6.45) is 2.60. The van der Waals surface area contributed by atoms with Crippen LogP contribution in [0.1, 0.15) is 30.4 Å². The van der Waals surface area contributed by atoms with Gasteiger partial charge in [-0.2, -0.15) is 0 Å². The molecular formula is C19H23NO5. The van der Waals surface area contributed by atoms with Crippen molar-refractivity contribution in [3.8, 4) is 11.5 Å². The van der Waals surface area contributed by atoms with Gasteiger partial charge in [0, 0.05) is 18.0 Å². The molecule has 2 N–H and O–H groups in total. The zero-order valence-electron chi connectivity index (χ0n) is 14.3. The van der Waals surface area contributed by atoms with E-state index in [2.05, 4.69) is 11.4 Å². The van der Waals surface area contributed by atoms with Crippen LogP contribution in [-0.4, -0.2) is 55.5 Å². The van der Waals surface area contributed by atoms with Crippen LogP contribution in [0.3, 0.4) is 0 Å². The molecule has 2 bridgehead atoms. The Balaban J connectivity index is 1.66. The fraction of sp³-hybridized carbons (Fsp3) is 0.684. The molecule has 6 nitrogen and oxygen atoms in total. The van der Waals surface area contributed by atoms with Gasteiger partial charge in [-0.15, -0.1) is 0 Å². The van der Waals surface area contributed by atoms with Crippen LogP contribution in [0.5, 0.6) is 11.5 Å². The topological polar surface area (TPSA) is 69.2 Å². The molecule has 2 saturated heterocycles. The fourth-order valence-corrected chi connectivity index (χ4v) is 6.32. The lowest BCUT2D eigenvalue weighted by molar-refractivity contribution is -0.287. The summed E-state index contributed by atoms with van der Waals surface area (Å²) in [7, 11) is 1.67. The maximum atomic E-state index is 11.9. The first kappa shape index (κ1) is 14.8. The molecule has 3 heterocycles. The van der Waals surface area contributed by atoms with E-state index in [1.54, 1.807) is 7.11 Å². The van der Waals surface area contributed by atoms with Crippen LogP contribution in [0.15, 0.2) is 12.1 Å². The third-order valence-electron chi connectivity index (χ3n) is 7.27. The van der Waals surface area contributed by atoms with Crippen molar-refractivity contribution in [2.75, 3.05) is 26.9 Å². The molecule has 6 rings (SSSR count). The number of piperidine rings is 1. The van der Waals surface area contributed by atoms with Crippen molar-refractivity contribution in [2.24, 2.45) is 0 Å². The zero-order valence-corrected chi connectivity index (χ0v) is 14.3. The summed E-state index contributed by atoms with van der Waals surface area (Å²) >= 11 is 0. The van der Waals surface area contributed by atoms with Gasteiger partial charge in [0.15, 0.2) is 17.6 Å². The van der Waals surface area contributed by atoms with Crippen LogP contribution in [0.2, 0.25) is 0 Å². The molecule has 2 spiro atoms. The minimum atomic E-state index is -0.846. The smallest absolute Gasteiger partial charge is 0.207 e. The number of ether oxygens (including phenoxy) is 4. The number of aliphatic hydroxyl groups is 1. The van der Waals surface area contributed by atoms with Gasteiger partial charge in [0.05, 0.1) is 31.3 Å². The standard InChI is InChI=1S/C19H23NO5/c1-22-12-3-2-11-10-13-18(21)4-5-19(23-8-9-24-19)16-17(18,6-7-20-13)14(11)15(12)25-16/h2-3,13,16,20-21H,4-10H2,1H3/t13-,16-,17+,18-/m1/s1. The van der Waals surface area contributed by atoms with E-state index in [9.17, 15) is 5.11 Å². The van der Waals surface area contributed by atoms with Crippen LogP contribution < -0.4 is 14.8 Å². The largest absolute Gasteiger partial charge is 0.493 e. The summed E-state index contributed by atoms with van der Waals surface area (Å²) in [5.41, 5.74) is 1.04. The van der Waals surface area contributed by atoms with Crippen molar-refractivity contribution >= 4 is 0 Å². The Hall–Kier alpha value is -1.34. The van der Waals surface area contributed by atoms with Crippen LogP contribution in [0.4, 0.5) is 0 Å². The van der Waals surface area contributed by atoms with Crippen molar-refractivity contribution in [2.45, 2.75) is 54.6 Å². The number of rotatable bonds is 1. The van der Waals surface area contributed by atoms with Gasteiger partial charge in [-0.05, 0) is 37.4 Å². The molecule has 25 heavy (non-hydrogen) atoms. The lowest BCUT2D eigenvalue weighted by Gasteiger charge is -2.62. The minimum Gasteiger partial charge on any atom is -0.493 e. The molecule has 5 aliphatic rings. The van der Waals surface area contributed by atoms with E-state index in [1.165, 1.54) is 5.56 Å². The van der Waals surface area contributed by atoms with Gasteiger partial charge in [0.25, 0.3) is 0 Å². The van der Waals surface area contributed by atoms with Gasteiger partial charge in [-0.1, -0.05) is 6.07 Å². The number of nitrogens with one attached hydrogen (secondary N) is 1. The van der Waals surface area contributed by atoms with Crippen LogP contribution in [0.25, 0.3) is 0 Å². The molecule has 0 amide bonds. The van der Waals surface area contributed by atoms with Crippen LogP contribution in [0, 0.1) is 0 Å². The summed E-state index contributed by atoms with van der Waals surface area (Å²) in [5, 5.41) is 15.5. The Kier molecular flexibility index (Phi) is 2.66. The Labute approximate surface area is 146 Å². The minimum absolute atomic E-state index is 0.0398. The van der Waals surface area contributed by atoms with Crippen molar-refractivity contribution in [3.63, 3.8) is 0 Å². The molecule has 1 aromatic carbocycles. The molecule has 3 fully saturated rings. The molecule has 6 heteroatoms. The van der Waals surface area contributed by atoms with E-state index < -0.39 is 16.8 Å². The highest BCUT2D eigenvalue weighted by atomic mass is 16.8. The third kappa shape index (κ3) is 1.45. The molecule has 3 aliphatic heterocycles. The van der Waals surface area contributed by atoms with E-state index in [0.717, 1.165) is 36.4 Å². The van der Waals surface area contributed by atoms with Gasteiger partial charge in [0.1, 0.15) is 0 Å². The number of hydrogen-bond acceptors (Lipinski definition) is 6. The highest BCUT2D eigenvalue weighted by Gasteiger charge is 2.76. The van der Waals surface area contributed by atoms with E-state index in [-0.39, 0.29) is 12.1 Å².